The number of aryl methyl sites for hydroxylation is 1. The first-order valence-corrected chi connectivity index (χ1v) is 10.6. The molecule has 11 heteroatoms. The van der Waals surface area contributed by atoms with Gasteiger partial charge in [0.1, 0.15) is 23.0 Å². The first kappa shape index (κ1) is 23.6. The molecular weight excluding hydrogens is 455 g/mol. The van der Waals surface area contributed by atoms with Crippen molar-refractivity contribution in [1.29, 1.82) is 0 Å². The van der Waals surface area contributed by atoms with Gasteiger partial charge in [-0.3, -0.25) is 14.5 Å². The maximum atomic E-state index is 14.6. The molecule has 35 heavy (non-hydrogen) atoms. The number of pyridine rings is 1. The van der Waals surface area contributed by atoms with Gasteiger partial charge < -0.3 is 25.4 Å². The van der Waals surface area contributed by atoms with Crippen LogP contribution in [0.4, 0.5) is 20.6 Å². The third-order valence-electron chi connectivity index (χ3n) is 4.98. The highest BCUT2D eigenvalue weighted by Crippen LogP contribution is 2.26. The van der Waals surface area contributed by atoms with E-state index in [9.17, 15) is 14.0 Å². The van der Waals surface area contributed by atoms with Crippen LogP contribution in [0.15, 0.2) is 60.9 Å². The second-order valence-electron chi connectivity index (χ2n) is 7.49. The van der Waals surface area contributed by atoms with Gasteiger partial charge in [-0.05, 0) is 36.4 Å². The second kappa shape index (κ2) is 10.6. The monoisotopic (exact) mass is 478 g/mol. The SMILES string of the molecule is COCCNC(=O)c1cc(Oc2ccc(NC(=O)Nc3ccc4c(cnn4C)c3)c(F)c2)ccn1. The van der Waals surface area contributed by atoms with Crippen molar-refractivity contribution >= 4 is 34.2 Å². The van der Waals surface area contributed by atoms with E-state index in [0.717, 1.165) is 17.0 Å². The van der Waals surface area contributed by atoms with Gasteiger partial charge in [0.2, 0.25) is 0 Å². The first-order valence-electron chi connectivity index (χ1n) is 10.6. The molecular formula is C24H23FN6O4. The van der Waals surface area contributed by atoms with Crippen molar-refractivity contribution in [2.75, 3.05) is 30.9 Å². The standard InChI is InChI=1S/C24H23FN6O4/c1-31-22-6-3-16(11-15(22)14-28-31)29-24(33)30-20-5-4-17(12-19(20)25)35-18-7-8-26-21(13-18)23(32)27-9-10-34-2/h3-8,11-14H,9-10H2,1-2H3,(H,27,32)(H2,29,30,33). The van der Waals surface area contributed by atoms with Crippen LogP contribution >= 0.6 is 0 Å². The summed E-state index contributed by atoms with van der Waals surface area (Å²) in [5.74, 6) is -0.577. The van der Waals surface area contributed by atoms with E-state index < -0.39 is 11.8 Å². The molecule has 2 aromatic carbocycles. The third kappa shape index (κ3) is 5.89. The number of aromatic nitrogens is 3. The number of nitrogens with zero attached hydrogens (tertiary/aromatic N) is 3. The maximum absolute atomic E-state index is 14.6. The van der Waals surface area contributed by atoms with E-state index in [1.165, 1.54) is 31.5 Å². The van der Waals surface area contributed by atoms with Gasteiger partial charge in [-0.15, -0.1) is 0 Å². The number of rotatable bonds is 8. The minimum atomic E-state index is -0.688. The molecule has 180 valence electrons. The lowest BCUT2D eigenvalue weighted by Gasteiger charge is -2.11. The van der Waals surface area contributed by atoms with Crippen LogP contribution in [-0.2, 0) is 11.8 Å². The number of nitrogens with one attached hydrogen (secondary N) is 3. The van der Waals surface area contributed by atoms with Crippen LogP contribution in [0, 0.1) is 5.82 Å². The van der Waals surface area contributed by atoms with Crippen LogP contribution in [0.1, 0.15) is 10.5 Å². The summed E-state index contributed by atoms with van der Waals surface area (Å²) in [4.78, 5) is 28.5. The molecule has 0 saturated carbocycles. The molecule has 0 atom stereocenters. The normalized spacial score (nSPS) is 10.7. The number of carbonyl (C=O) groups excluding carboxylic acids is 2. The Morgan fingerprint density at radius 2 is 1.89 bits per heavy atom. The average Bonchev–Trinajstić information content (AvgIpc) is 3.21. The number of hydrogen-bond acceptors (Lipinski definition) is 6. The summed E-state index contributed by atoms with van der Waals surface area (Å²) in [6.07, 6.45) is 3.11. The van der Waals surface area contributed by atoms with Gasteiger partial charge in [0.15, 0.2) is 0 Å². The average molecular weight is 478 g/mol. The number of benzene rings is 2. The molecule has 0 saturated heterocycles. The topological polar surface area (TPSA) is 119 Å². The van der Waals surface area contributed by atoms with Gasteiger partial charge >= 0.3 is 6.03 Å². The number of urea groups is 1. The van der Waals surface area contributed by atoms with Crippen LogP contribution in [0.3, 0.4) is 0 Å². The van der Waals surface area contributed by atoms with E-state index in [0.29, 0.717) is 24.6 Å². The Morgan fingerprint density at radius 1 is 1.06 bits per heavy atom. The van der Waals surface area contributed by atoms with Gasteiger partial charge in [0.05, 0.1) is 24.0 Å². The largest absolute Gasteiger partial charge is 0.457 e. The Kier molecular flexibility index (Phi) is 7.17. The molecule has 0 radical (unpaired) electrons. The van der Waals surface area contributed by atoms with Gasteiger partial charge in [-0.2, -0.15) is 5.10 Å². The highest BCUT2D eigenvalue weighted by atomic mass is 19.1. The quantitative estimate of drug-likeness (QED) is 0.330. The highest BCUT2D eigenvalue weighted by Gasteiger charge is 2.12. The summed E-state index contributed by atoms with van der Waals surface area (Å²) in [5.41, 5.74) is 1.59. The van der Waals surface area contributed by atoms with Crippen LogP contribution in [0.2, 0.25) is 0 Å². The summed E-state index contributed by atoms with van der Waals surface area (Å²) in [6.45, 7) is 0.715. The zero-order valence-electron chi connectivity index (χ0n) is 19.0. The molecule has 2 heterocycles. The molecule has 0 unspecified atom stereocenters. The summed E-state index contributed by atoms with van der Waals surface area (Å²) in [7, 11) is 3.36. The van der Waals surface area contributed by atoms with Crippen molar-refractivity contribution in [1.82, 2.24) is 20.1 Å². The van der Waals surface area contributed by atoms with Gasteiger partial charge in [0, 0.05) is 50.1 Å². The number of amides is 3. The van der Waals surface area contributed by atoms with E-state index >= 15 is 0 Å². The predicted molar refractivity (Wildman–Crippen MR) is 128 cm³/mol. The van der Waals surface area contributed by atoms with Crippen LogP contribution in [0.25, 0.3) is 10.9 Å². The number of anilines is 2. The first-order chi connectivity index (χ1) is 16.9. The van der Waals surface area contributed by atoms with Gasteiger partial charge in [-0.1, -0.05) is 0 Å². The number of carbonyl (C=O) groups is 2. The molecule has 3 N–H and O–H groups in total. The lowest BCUT2D eigenvalue weighted by molar-refractivity contribution is 0.0931. The molecule has 0 aliphatic rings. The van der Waals surface area contributed by atoms with Gasteiger partial charge in [-0.25, -0.2) is 9.18 Å². The second-order valence-corrected chi connectivity index (χ2v) is 7.49. The smallest absolute Gasteiger partial charge is 0.323 e. The van der Waals surface area contributed by atoms with Crippen molar-refractivity contribution in [2.45, 2.75) is 0 Å². The molecule has 2 aromatic heterocycles. The number of fused-ring (bicyclic) bond motifs is 1. The van der Waals surface area contributed by atoms with Gasteiger partial charge in [0.25, 0.3) is 5.91 Å². The van der Waals surface area contributed by atoms with E-state index in [1.807, 2.05) is 13.1 Å². The van der Waals surface area contributed by atoms with E-state index in [2.05, 4.69) is 26.0 Å². The Bertz CT molecular complexity index is 1370. The zero-order chi connectivity index (χ0) is 24.8. The fraction of sp³-hybridized carbons (Fsp3) is 0.167. The lowest BCUT2D eigenvalue weighted by atomic mass is 10.2. The molecule has 0 aliphatic heterocycles. The highest BCUT2D eigenvalue weighted by molar-refractivity contribution is 6.01. The fourth-order valence-corrected chi connectivity index (χ4v) is 3.28. The number of methoxy groups -OCH3 is 1. The minimum Gasteiger partial charge on any atom is -0.457 e. The van der Waals surface area contributed by atoms with Crippen molar-refractivity contribution in [3.63, 3.8) is 0 Å². The van der Waals surface area contributed by atoms with Crippen LogP contribution in [0.5, 0.6) is 11.5 Å². The predicted octanol–water partition coefficient (Wildman–Crippen LogP) is 3.92. The fourth-order valence-electron chi connectivity index (χ4n) is 3.28. The summed E-state index contributed by atoms with van der Waals surface area (Å²) < 4.78 is 26.9. The molecule has 0 bridgehead atoms. The Hall–Kier alpha value is -4.51. The molecule has 4 aromatic rings. The Labute approximate surface area is 200 Å². The van der Waals surface area contributed by atoms with Crippen molar-refractivity contribution in [2.24, 2.45) is 7.05 Å². The minimum absolute atomic E-state index is 0.0229. The van der Waals surface area contributed by atoms with Crippen molar-refractivity contribution in [3.8, 4) is 11.5 Å². The zero-order valence-corrected chi connectivity index (χ0v) is 19.0. The molecule has 10 nitrogen and oxygen atoms in total. The molecule has 3 amide bonds. The number of ether oxygens (including phenoxy) is 2. The van der Waals surface area contributed by atoms with Crippen LogP contribution in [-0.4, -0.2) is 47.0 Å². The maximum Gasteiger partial charge on any atom is 0.323 e. The molecule has 0 spiro atoms. The number of hydrogen-bond donors (Lipinski definition) is 3. The summed E-state index contributed by atoms with van der Waals surface area (Å²) in [6, 6.07) is 11.7. The van der Waals surface area contributed by atoms with E-state index in [1.54, 1.807) is 29.1 Å². The number of halogens is 1. The molecule has 0 fully saturated rings. The van der Waals surface area contributed by atoms with Crippen molar-refractivity contribution < 1.29 is 23.5 Å². The molecule has 4 rings (SSSR count). The van der Waals surface area contributed by atoms with E-state index in [-0.39, 0.29) is 23.0 Å². The Morgan fingerprint density at radius 3 is 2.69 bits per heavy atom. The van der Waals surface area contributed by atoms with E-state index in [4.69, 9.17) is 9.47 Å². The van der Waals surface area contributed by atoms with Crippen molar-refractivity contribution in [3.05, 3.63) is 72.4 Å². The lowest BCUT2D eigenvalue weighted by Crippen LogP contribution is -2.27. The summed E-state index contributed by atoms with van der Waals surface area (Å²) in [5, 5.41) is 12.8. The van der Waals surface area contributed by atoms with Crippen LogP contribution < -0.4 is 20.7 Å². The molecule has 0 aliphatic carbocycles. The third-order valence-corrected chi connectivity index (χ3v) is 4.98. The Balaban J connectivity index is 1.38. The summed E-state index contributed by atoms with van der Waals surface area (Å²) >= 11 is 0.